The molecule has 0 bridgehead atoms. The molecule has 0 saturated carbocycles. The number of hydrogen-bond acceptors (Lipinski definition) is 5. The number of carbonyl (C=O) groups excluding carboxylic acids is 1. The van der Waals surface area contributed by atoms with Gasteiger partial charge < -0.3 is 21.1 Å². The number of aromatic nitrogens is 2. The molecule has 1 aliphatic rings. The normalized spacial score (nSPS) is 13.3. The Morgan fingerprint density at radius 3 is 3.15 bits per heavy atom. The number of amides is 1. The van der Waals surface area contributed by atoms with Crippen LogP contribution in [0.2, 0.25) is 0 Å². The summed E-state index contributed by atoms with van der Waals surface area (Å²) in [6.07, 6.45) is 3.71. The smallest absolute Gasteiger partial charge is 0.262 e. The van der Waals surface area contributed by atoms with Crippen LogP contribution in [0.1, 0.15) is 5.56 Å². The van der Waals surface area contributed by atoms with Gasteiger partial charge >= 0.3 is 0 Å². The lowest BCUT2D eigenvalue weighted by molar-refractivity contribution is -0.118. The first-order chi connectivity index (χ1) is 9.61. The van der Waals surface area contributed by atoms with Crippen molar-refractivity contribution in [1.82, 2.24) is 9.78 Å². The highest BCUT2D eigenvalue weighted by molar-refractivity contribution is 5.97. The van der Waals surface area contributed by atoms with Crippen molar-refractivity contribution < 1.29 is 9.53 Å². The molecular weight excluding hydrogens is 258 g/mol. The van der Waals surface area contributed by atoms with Crippen molar-refractivity contribution >= 4 is 23.0 Å². The molecule has 1 aliphatic heterocycles. The molecule has 7 heteroatoms. The van der Waals surface area contributed by atoms with Gasteiger partial charge in [0.25, 0.3) is 5.91 Å². The van der Waals surface area contributed by atoms with Crippen molar-refractivity contribution in [2.24, 2.45) is 7.05 Å². The summed E-state index contributed by atoms with van der Waals surface area (Å²) < 4.78 is 7.04. The fourth-order valence-corrected chi connectivity index (χ4v) is 2.06. The molecule has 0 fully saturated rings. The van der Waals surface area contributed by atoms with Gasteiger partial charge in [-0.15, -0.1) is 0 Å². The maximum Gasteiger partial charge on any atom is 0.262 e. The molecule has 0 radical (unpaired) electrons. The summed E-state index contributed by atoms with van der Waals surface area (Å²) in [6, 6.07) is 3.48. The molecule has 0 atom stereocenters. The number of ether oxygens (including phenoxy) is 1. The van der Waals surface area contributed by atoms with E-state index in [9.17, 15) is 4.79 Å². The Bertz CT molecular complexity index is 665. The average Bonchev–Trinajstić information content (AvgIpc) is 2.83. The Balaban J connectivity index is 1.79. The fourth-order valence-electron chi connectivity index (χ4n) is 2.06. The van der Waals surface area contributed by atoms with Crippen LogP contribution in [0, 0.1) is 0 Å². The third-order valence-corrected chi connectivity index (χ3v) is 3.03. The van der Waals surface area contributed by atoms with E-state index in [4.69, 9.17) is 10.5 Å². The maximum absolute atomic E-state index is 11.3. The third kappa shape index (κ3) is 2.37. The lowest BCUT2D eigenvalue weighted by atomic mass is 10.2. The highest BCUT2D eigenvalue weighted by atomic mass is 16.5. The van der Waals surface area contributed by atoms with E-state index in [1.807, 2.05) is 13.2 Å². The minimum Gasteiger partial charge on any atom is -0.482 e. The maximum atomic E-state index is 11.3. The molecule has 0 spiro atoms. The Morgan fingerprint density at radius 1 is 1.55 bits per heavy atom. The lowest BCUT2D eigenvalue weighted by Crippen LogP contribution is -2.25. The summed E-state index contributed by atoms with van der Waals surface area (Å²) in [4.78, 5) is 11.3. The summed E-state index contributed by atoms with van der Waals surface area (Å²) in [6.45, 7) is 0.626. The Labute approximate surface area is 115 Å². The fraction of sp³-hybridized carbons (Fsp3) is 0.231. The van der Waals surface area contributed by atoms with Crippen molar-refractivity contribution in [2.45, 2.75) is 6.54 Å². The van der Waals surface area contributed by atoms with Gasteiger partial charge in [-0.05, 0) is 6.07 Å². The third-order valence-electron chi connectivity index (χ3n) is 3.03. The zero-order valence-corrected chi connectivity index (χ0v) is 11.0. The van der Waals surface area contributed by atoms with Gasteiger partial charge in [-0.3, -0.25) is 9.48 Å². The minimum absolute atomic E-state index is 0.0227. The molecule has 0 unspecified atom stereocenters. The summed E-state index contributed by atoms with van der Waals surface area (Å²) in [5, 5.41) is 10.1. The van der Waals surface area contributed by atoms with Gasteiger partial charge in [0.15, 0.2) is 6.61 Å². The molecule has 20 heavy (non-hydrogen) atoms. The zero-order chi connectivity index (χ0) is 14.1. The largest absolute Gasteiger partial charge is 0.482 e. The van der Waals surface area contributed by atoms with E-state index in [0.29, 0.717) is 23.7 Å². The Hall–Kier alpha value is -2.70. The van der Waals surface area contributed by atoms with Gasteiger partial charge in [-0.2, -0.15) is 5.10 Å². The van der Waals surface area contributed by atoms with E-state index in [2.05, 4.69) is 15.7 Å². The topological polar surface area (TPSA) is 94.2 Å². The molecule has 1 amide bonds. The first-order valence-electron chi connectivity index (χ1n) is 6.19. The van der Waals surface area contributed by atoms with Crippen LogP contribution in [0.25, 0.3) is 0 Å². The second-order valence-corrected chi connectivity index (χ2v) is 4.65. The van der Waals surface area contributed by atoms with Gasteiger partial charge in [0, 0.05) is 31.4 Å². The van der Waals surface area contributed by atoms with Gasteiger partial charge in [-0.1, -0.05) is 0 Å². The van der Waals surface area contributed by atoms with Crippen molar-refractivity contribution in [1.29, 1.82) is 0 Å². The lowest BCUT2D eigenvalue weighted by Gasteiger charge is -2.20. The van der Waals surface area contributed by atoms with Crippen molar-refractivity contribution in [2.75, 3.05) is 23.0 Å². The molecule has 4 N–H and O–H groups in total. The monoisotopic (exact) mass is 273 g/mol. The van der Waals surface area contributed by atoms with E-state index in [1.165, 1.54) is 0 Å². The highest BCUT2D eigenvalue weighted by Crippen LogP contribution is 2.35. The number of nitrogens with zero attached hydrogens (tertiary/aromatic N) is 2. The molecule has 3 rings (SSSR count). The van der Waals surface area contributed by atoms with Gasteiger partial charge in [0.1, 0.15) is 5.75 Å². The van der Waals surface area contributed by atoms with Crippen LogP contribution in [-0.4, -0.2) is 22.3 Å². The van der Waals surface area contributed by atoms with Gasteiger partial charge in [0.2, 0.25) is 0 Å². The minimum atomic E-state index is -0.166. The molecule has 0 saturated heterocycles. The molecule has 2 aromatic rings. The number of rotatable bonds is 3. The standard InChI is InChI=1S/C13H15N5O2/c1-18-6-8(5-16-18)4-15-10-3-11-12(2-9(10)14)20-7-13(19)17-11/h2-3,5-6,15H,4,7,14H2,1H3,(H,17,19). The van der Waals surface area contributed by atoms with E-state index in [-0.39, 0.29) is 12.5 Å². The van der Waals surface area contributed by atoms with Crippen LogP contribution in [0.5, 0.6) is 5.75 Å². The molecule has 2 heterocycles. The van der Waals surface area contributed by atoms with Gasteiger partial charge in [-0.25, -0.2) is 0 Å². The number of nitrogen functional groups attached to an aromatic ring is 1. The van der Waals surface area contributed by atoms with Crippen LogP contribution < -0.4 is 21.1 Å². The molecule has 0 aliphatic carbocycles. The number of hydrogen-bond donors (Lipinski definition) is 3. The van der Waals surface area contributed by atoms with Crippen molar-refractivity contribution in [3.05, 3.63) is 30.1 Å². The van der Waals surface area contributed by atoms with E-state index >= 15 is 0 Å². The molecule has 1 aromatic heterocycles. The number of anilines is 3. The van der Waals surface area contributed by atoms with Crippen LogP contribution in [0.15, 0.2) is 24.5 Å². The summed E-state index contributed by atoms with van der Waals surface area (Å²) >= 11 is 0. The molecule has 7 nitrogen and oxygen atoms in total. The van der Waals surface area contributed by atoms with Crippen molar-refractivity contribution in [3.63, 3.8) is 0 Å². The second-order valence-electron chi connectivity index (χ2n) is 4.65. The predicted octanol–water partition coefficient (Wildman–Crippen LogP) is 0.945. The molecule has 104 valence electrons. The molecular formula is C13H15N5O2. The predicted molar refractivity (Wildman–Crippen MR) is 75.5 cm³/mol. The first-order valence-corrected chi connectivity index (χ1v) is 6.19. The second kappa shape index (κ2) is 4.76. The Morgan fingerprint density at radius 2 is 2.40 bits per heavy atom. The summed E-state index contributed by atoms with van der Waals surface area (Å²) in [7, 11) is 1.86. The van der Waals surface area contributed by atoms with E-state index in [1.54, 1.807) is 23.0 Å². The highest BCUT2D eigenvalue weighted by Gasteiger charge is 2.17. The van der Waals surface area contributed by atoms with Crippen molar-refractivity contribution in [3.8, 4) is 5.75 Å². The zero-order valence-electron chi connectivity index (χ0n) is 11.0. The van der Waals surface area contributed by atoms with Crippen LogP contribution in [0.4, 0.5) is 17.1 Å². The average molecular weight is 273 g/mol. The van der Waals surface area contributed by atoms with E-state index < -0.39 is 0 Å². The van der Waals surface area contributed by atoms with Crippen LogP contribution >= 0.6 is 0 Å². The number of benzene rings is 1. The number of nitrogens with one attached hydrogen (secondary N) is 2. The van der Waals surface area contributed by atoms with Crippen LogP contribution in [0.3, 0.4) is 0 Å². The first kappa shape index (κ1) is 12.3. The SMILES string of the molecule is Cn1cc(CNc2cc3c(cc2N)OCC(=O)N3)cn1. The van der Waals surface area contributed by atoms with Gasteiger partial charge in [0.05, 0.1) is 23.3 Å². The number of aryl methyl sites for hydroxylation is 1. The molecule has 1 aromatic carbocycles. The van der Waals surface area contributed by atoms with E-state index in [0.717, 1.165) is 11.3 Å². The summed E-state index contributed by atoms with van der Waals surface area (Å²) in [5.41, 5.74) is 8.97. The van der Waals surface area contributed by atoms with Crippen LogP contribution in [-0.2, 0) is 18.4 Å². The number of nitrogens with two attached hydrogens (primary N) is 1. The summed E-state index contributed by atoms with van der Waals surface area (Å²) in [5.74, 6) is 0.425. The Kier molecular flexibility index (Phi) is 2.94. The quantitative estimate of drug-likeness (QED) is 0.724. The number of carbonyl (C=O) groups is 1. The number of fused-ring (bicyclic) bond motifs is 1.